The molecule has 2 bridgehead atoms. The highest BCUT2D eigenvalue weighted by Gasteiger charge is 2.36. The van der Waals surface area contributed by atoms with E-state index in [1.165, 1.54) is 19.3 Å². The summed E-state index contributed by atoms with van der Waals surface area (Å²) >= 11 is 0. The lowest BCUT2D eigenvalue weighted by Gasteiger charge is -2.47. The SMILES string of the molecule is CN1[C@@H]2CCC[C@H]1C[C@@H](CC(=O)NC(=O)c1n[nH]c3ccccc13)C2. The molecule has 0 unspecified atom stereocenters. The number of fused-ring (bicyclic) bond motifs is 3. The number of nitrogens with one attached hydrogen (secondary N) is 2. The second kappa shape index (κ2) is 6.59. The van der Waals surface area contributed by atoms with Crippen molar-refractivity contribution in [3.8, 4) is 0 Å². The molecule has 2 aromatic rings. The highest BCUT2D eigenvalue weighted by Crippen LogP contribution is 2.37. The maximum absolute atomic E-state index is 12.4. The normalized spacial score (nSPS) is 26.5. The minimum Gasteiger partial charge on any atom is -0.300 e. The summed E-state index contributed by atoms with van der Waals surface area (Å²) in [6, 6.07) is 8.61. The van der Waals surface area contributed by atoms with E-state index >= 15 is 0 Å². The van der Waals surface area contributed by atoms with Crippen molar-refractivity contribution in [2.45, 2.75) is 50.6 Å². The van der Waals surface area contributed by atoms with Gasteiger partial charge in [-0.05, 0) is 44.7 Å². The molecule has 1 aromatic heterocycles. The molecule has 6 heteroatoms. The second-order valence-corrected chi connectivity index (χ2v) is 7.44. The van der Waals surface area contributed by atoms with E-state index in [-0.39, 0.29) is 11.6 Å². The highest BCUT2D eigenvalue weighted by molar-refractivity contribution is 6.10. The number of aromatic amines is 1. The molecule has 3 heterocycles. The van der Waals surface area contributed by atoms with E-state index in [4.69, 9.17) is 0 Å². The van der Waals surface area contributed by atoms with Crippen LogP contribution >= 0.6 is 0 Å². The summed E-state index contributed by atoms with van der Waals surface area (Å²) in [6.07, 6.45) is 6.28. The molecule has 2 N–H and O–H groups in total. The first-order chi connectivity index (χ1) is 12.1. The molecule has 3 atom stereocenters. The fraction of sp³-hybridized carbons (Fsp3) is 0.526. The van der Waals surface area contributed by atoms with E-state index in [2.05, 4.69) is 27.5 Å². The van der Waals surface area contributed by atoms with Crippen LogP contribution in [0.15, 0.2) is 24.3 Å². The Morgan fingerprint density at radius 2 is 1.96 bits per heavy atom. The Morgan fingerprint density at radius 3 is 2.72 bits per heavy atom. The minimum atomic E-state index is -0.421. The Hall–Kier alpha value is -2.21. The molecule has 1 aromatic carbocycles. The number of hydrogen-bond donors (Lipinski definition) is 2. The van der Waals surface area contributed by atoms with Gasteiger partial charge in [0.25, 0.3) is 5.91 Å². The molecular formula is C19H24N4O2. The molecule has 2 amide bonds. The monoisotopic (exact) mass is 340 g/mol. The van der Waals surface area contributed by atoms with Gasteiger partial charge in [-0.25, -0.2) is 0 Å². The van der Waals surface area contributed by atoms with Crippen molar-refractivity contribution < 1.29 is 9.59 Å². The van der Waals surface area contributed by atoms with Crippen LogP contribution in [0.1, 0.15) is 49.0 Å². The average molecular weight is 340 g/mol. The molecule has 2 fully saturated rings. The molecule has 0 radical (unpaired) electrons. The second-order valence-electron chi connectivity index (χ2n) is 7.44. The van der Waals surface area contributed by atoms with E-state index in [0.29, 0.717) is 24.4 Å². The van der Waals surface area contributed by atoms with Crippen molar-refractivity contribution in [3.05, 3.63) is 30.0 Å². The smallest absolute Gasteiger partial charge is 0.278 e. The maximum Gasteiger partial charge on any atom is 0.278 e. The first kappa shape index (κ1) is 16.3. The number of aromatic nitrogens is 2. The number of nitrogens with zero attached hydrogens (tertiary/aromatic N) is 2. The number of H-pyrrole nitrogens is 1. The van der Waals surface area contributed by atoms with Crippen LogP contribution in [-0.4, -0.2) is 46.0 Å². The zero-order valence-corrected chi connectivity index (χ0v) is 14.5. The van der Waals surface area contributed by atoms with E-state index in [1.807, 2.05) is 24.3 Å². The fourth-order valence-electron chi connectivity index (χ4n) is 4.53. The van der Waals surface area contributed by atoms with E-state index in [1.54, 1.807) is 0 Å². The van der Waals surface area contributed by atoms with Crippen LogP contribution in [-0.2, 0) is 4.79 Å². The van der Waals surface area contributed by atoms with Gasteiger partial charge < -0.3 is 4.90 Å². The van der Waals surface area contributed by atoms with Gasteiger partial charge in [0.15, 0.2) is 5.69 Å². The number of carbonyl (C=O) groups excluding carboxylic acids is 2. The third kappa shape index (κ3) is 3.18. The molecule has 132 valence electrons. The molecule has 4 rings (SSSR count). The fourth-order valence-corrected chi connectivity index (χ4v) is 4.53. The Kier molecular flexibility index (Phi) is 4.29. The van der Waals surface area contributed by atoms with Crippen molar-refractivity contribution >= 4 is 22.7 Å². The number of amides is 2. The number of imide groups is 1. The van der Waals surface area contributed by atoms with Gasteiger partial charge in [0, 0.05) is 23.9 Å². The van der Waals surface area contributed by atoms with E-state index < -0.39 is 5.91 Å². The quantitative estimate of drug-likeness (QED) is 0.900. The molecule has 2 aliphatic heterocycles. The van der Waals surface area contributed by atoms with Gasteiger partial charge in [-0.15, -0.1) is 0 Å². The number of carbonyl (C=O) groups is 2. The van der Waals surface area contributed by atoms with Crippen LogP contribution in [0.4, 0.5) is 0 Å². The summed E-state index contributed by atoms with van der Waals surface area (Å²) in [6.45, 7) is 0. The van der Waals surface area contributed by atoms with Gasteiger partial charge in [0.1, 0.15) is 0 Å². The first-order valence-corrected chi connectivity index (χ1v) is 9.11. The Bertz CT molecular complexity index is 786. The molecule has 0 saturated carbocycles. The topological polar surface area (TPSA) is 78.1 Å². The Morgan fingerprint density at radius 1 is 1.24 bits per heavy atom. The first-order valence-electron chi connectivity index (χ1n) is 9.11. The third-order valence-corrected chi connectivity index (χ3v) is 5.85. The third-order valence-electron chi connectivity index (χ3n) is 5.85. The van der Waals surface area contributed by atoms with Crippen molar-refractivity contribution in [1.82, 2.24) is 20.4 Å². The lowest BCUT2D eigenvalue weighted by molar-refractivity contribution is -0.121. The Labute approximate surface area is 147 Å². The van der Waals surface area contributed by atoms with Crippen molar-refractivity contribution in [3.63, 3.8) is 0 Å². The summed E-state index contributed by atoms with van der Waals surface area (Å²) < 4.78 is 0. The van der Waals surface area contributed by atoms with Crippen LogP contribution < -0.4 is 5.32 Å². The lowest BCUT2D eigenvalue weighted by Crippen LogP contribution is -2.50. The summed E-state index contributed by atoms with van der Waals surface area (Å²) in [4.78, 5) is 27.3. The van der Waals surface area contributed by atoms with Crippen LogP contribution in [0.5, 0.6) is 0 Å². The predicted molar refractivity (Wildman–Crippen MR) is 95.1 cm³/mol. The van der Waals surface area contributed by atoms with Gasteiger partial charge >= 0.3 is 0 Å². The van der Waals surface area contributed by atoms with E-state index in [0.717, 1.165) is 23.7 Å². The zero-order chi connectivity index (χ0) is 17.4. The number of rotatable bonds is 3. The molecule has 2 aliphatic rings. The van der Waals surface area contributed by atoms with Gasteiger partial charge in [-0.1, -0.05) is 24.6 Å². The maximum atomic E-state index is 12.4. The van der Waals surface area contributed by atoms with Crippen LogP contribution in [0, 0.1) is 5.92 Å². The van der Waals surface area contributed by atoms with Gasteiger partial charge in [0.2, 0.25) is 5.91 Å². The van der Waals surface area contributed by atoms with Gasteiger partial charge in [-0.2, -0.15) is 5.10 Å². The number of para-hydroxylation sites is 1. The molecule has 0 aliphatic carbocycles. The highest BCUT2D eigenvalue weighted by atomic mass is 16.2. The largest absolute Gasteiger partial charge is 0.300 e. The zero-order valence-electron chi connectivity index (χ0n) is 14.5. The van der Waals surface area contributed by atoms with Crippen LogP contribution in [0.2, 0.25) is 0 Å². The van der Waals surface area contributed by atoms with Crippen molar-refractivity contribution in [2.75, 3.05) is 7.05 Å². The summed E-state index contributed by atoms with van der Waals surface area (Å²) in [7, 11) is 2.21. The number of benzene rings is 1. The molecule has 25 heavy (non-hydrogen) atoms. The molecule has 6 nitrogen and oxygen atoms in total. The molecule has 2 saturated heterocycles. The van der Waals surface area contributed by atoms with Gasteiger partial charge in [0.05, 0.1) is 5.52 Å². The Balaban J connectivity index is 1.38. The lowest BCUT2D eigenvalue weighted by atomic mass is 9.77. The summed E-state index contributed by atoms with van der Waals surface area (Å²) in [5.74, 6) is -0.240. The van der Waals surface area contributed by atoms with Gasteiger partial charge in [-0.3, -0.25) is 20.0 Å². The summed E-state index contributed by atoms with van der Waals surface area (Å²) in [5, 5.41) is 10.1. The number of piperidine rings is 2. The number of hydrogen-bond acceptors (Lipinski definition) is 4. The minimum absolute atomic E-state index is 0.190. The van der Waals surface area contributed by atoms with E-state index in [9.17, 15) is 9.59 Å². The van der Waals surface area contributed by atoms with Crippen LogP contribution in [0.25, 0.3) is 10.9 Å². The van der Waals surface area contributed by atoms with Crippen molar-refractivity contribution in [2.24, 2.45) is 5.92 Å². The molecule has 0 spiro atoms. The molecular weight excluding hydrogens is 316 g/mol. The average Bonchev–Trinajstić information content (AvgIpc) is 3.00. The predicted octanol–water partition coefficient (Wildman–Crippen LogP) is 2.47. The van der Waals surface area contributed by atoms with Crippen LogP contribution in [0.3, 0.4) is 0 Å². The standard InChI is InChI=1S/C19H24N4O2/c1-23-13-5-4-6-14(23)10-12(9-13)11-17(24)20-19(25)18-15-7-2-3-8-16(15)21-22-18/h2-3,7-8,12-14H,4-6,9-11H2,1H3,(H,21,22)(H,20,24,25)/t12-,13+,14-. The van der Waals surface area contributed by atoms with Crippen molar-refractivity contribution in [1.29, 1.82) is 0 Å². The summed E-state index contributed by atoms with van der Waals surface area (Å²) in [5.41, 5.74) is 1.08.